The molecule has 0 bridgehead atoms. The van der Waals surface area contributed by atoms with Crippen molar-refractivity contribution in [3.8, 4) is 5.88 Å². The van der Waals surface area contributed by atoms with Crippen molar-refractivity contribution in [1.29, 1.82) is 0 Å². The summed E-state index contributed by atoms with van der Waals surface area (Å²) in [6.45, 7) is 15.0. The zero-order valence-electron chi connectivity index (χ0n) is 24.2. The molecular formula is C29H39N5O6. The van der Waals surface area contributed by atoms with Crippen LogP contribution in [0.15, 0.2) is 22.8 Å². The average Bonchev–Trinajstić information content (AvgIpc) is 3.51. The van der Waals surface area contributed by atoms with Gasteiger partial charge in [-0.2, -0.15) is 4.98 Å². The van der Waals surface area contributed by atoms with E-state index in [1.807, 2.05) is 27.7 Å². The van der Waals surface area contributed by atoms with E-state index in [9.17, 15) is 19.5 Å². The Kier molecular flexibility index (Phi) is 6.74. The number of carbonyl (C=O) groups is 3. The Bertz CT molecular complexity index is 1340. The van der Waals surface area contributed by atoms with Gasteiger partial charge >= 0.3 is 6.09 Å². The molecule has 2 saturated heterocycles. The number of pyridine rings is 1. The van der Waals surface area contributed by atoms with Crippen molar-refractivity contribution in [2.24, 2.45) is 11.3 Å². The van der Waals surface area contributed by atoms with E-state index in [1.165, 1.54) is 6.26 Å². The van der Waals surface area contributed by atoms with E-state index in [0.29, 0.717) is 36.8 Å². The maximum Gasteiger partial charge on any atom is 0.407 e. The molecule has 0 saturated carbocycles. The molecule has 0 aliphatic carbocycles. The van der Waals surface area contributed by atoms with Gasteiger partial charge in [-0.05, 0) is 51.7 Å². The lowest BCUT2D eigenvalue weighted by Crippen LogP contribution is -2.49. The number of fused-ring (bicyclic) bond motifs is 2. The first-order valence-corrected chi connectivity index (χ1v) is 13.8. The van der Waals surface area contributed by atoms with Crippen molar-refractivity contribution in [2.75, 3.05) is 23.3 Å². The maximum atomic E-state index is 13.3. The lowest BCUT2D eigenvalue weighted by atomic mass is 9.84. The van der Waals surface area contributed by atoms with Gasteiger partial charge in [-0.25, -0.2) is 4.79 Å². The van der Waals surface area contributed by atoms with Gasteiger partial charge in [-0.15, -0.1) is 0 Å². The number of ether oxygens (including phenoxy) is 1. The van der Waals surface area contributed by atoms with Crippen LogP contribution in [0.4, 0.5) is 16.3 Å². The average molecular weight is 554 g/mol. The third-order valence-corrected chi connectivity index (χ3v) is 8.00. The second kappa shape index (κ2) is 9.71. The minimum Gasteiger partial charge on any atom is -0.473 e. The Morgan fingerprint density at radius 2 is 1.98 bits per heavy atom. The number of likely N-dealkylation sites (tertiary alicyclic amines) is 1. The second-order valence-corrected chi connectivity index (χ2v) is 13.1. The zero-order valence-corrected chi connectivity index (χ0v) is 24.2. The first-order valence-electron chi connectivity index (χ1n) is 13.8. The normalized spacial score (nSPS) is 23.6. The number of aromatic nitrogens is 1. The second-order valence-electron chi connectivity index (χ2n) is 13.1. The molecule has 11 nitrogen and oxygen atoms in total. The molecule has 3 atom stereocenters. The Hall–Kier alpha value is -3.76. The van der Waals surface area contributed by atoms with E-state index in [-0.39, 0.29) is 52.4 Å². The molecular weight excluding hydrogens is 514 g/mol. The van der Waals surface area contributed by atoms with Gasteiger partial charge in [-0.3, -0.25) is 14.5 Å². The summed E-state index contributed by atoms with van der Waals surface area (Å²) >= 11 is 0. The van der Waals surface area contributed by atoms with E-state index in [1.54, 1.807) is 17.0 Å². The van der Waals surface area contributed by atoms with Crippen LogP contribution in [-0.4, -0.2) is 69.7 Å². The van der Waals surface area contributed by atoms with Crippen LogP contribution in [0.1, 0.15) is 81.4 Å². The van der Waals surface area contributed by atoms with Crippen LogP contribution in [0.5, 0.6) is 5.88 Å². The van der Waals surface area contributed by atoms with Crippen LogP contribution in [0.2, 0.25) is 0 Å². The standard InChI is InChI=1S/C29H39N5O6/c1-15(2)40-26-18(30-24(35)17-14-39-20-11-29(6,7)32-25(36)23(17)20)8-9-22(31-26)33-12-16-10-21(28(3,4)5)34(27(37)38)19(16)13-33/h8-9,14-16,19,21H,10-13H2,1-7H3,(H,30,35)(H,32,36)(H,37,38)/t16-,19+,21?/m1/s1. The molecule has 2 aromatic rings. The molecule has 2 aromatic heterocycles. The molecule has 1 unspecified atom stereocenters. The third kappa shape index (κ3) is 5.09. The van der Waals surface area contributed by atoms with Gasteiger partial charge in [0.25, 0.3) is 11.8 Å². The van der Waals surface area contributed by atoms with Gasteiger partial charge in [-0.1, -0.05) is 20.8 Å². The Morgan fingerprint density at radius 1 is 1.25 bits per heavy atom. The lowest BCUT2D eigenvalue weighted by molar-refractivity contribution is 0.0879. The van der Waals surface area contributed by atoms with Crippen molar-refractivity contribution in [1.82, 2.24) is 15.2 Å². The summed E-state index contributed by atoms with van der Waals surface area (Å²) in [6.07, 6.45) is 1.50. The fraction of sp³-hybridized carbons (Fsp3) is 0.586. The molecule has 3 aliphatic rings. The fourth-order valence-corrected chi connectivity index (χ4v) is 6.23. The molecule has 216 valence electrons. The number of furan rings is 1. The minimum absolute atomic E-state index is 0.0330. The van der Waals surface area contributed by atoms with E-state index < -0.39 is 17.5 Å². The Morgan fingerprint density at radius 3 is 2.62 bits per heavy atom. The van der Waals surface area contributed by atoms with Crippen molar-refractivity contribution in [2.45, 2.75) is 85.0 Å². The molecule has 0 radical (unpaired) electrons. The van der Waals surface area contributed by atoms with Crippen LogP contribution in [0.25, 0.3) is 0 Å². The van der Waals surface area contributed by atoms with Crippen LogP contribution < -0.4 is 20.3 Å². The molecule has 5 heterocycles. The monoisotopic (exact) mass is 553 g/mol. The van der Waals surface area contributed by atoms with Gasteiger partial charge in [0.05, 0.1) is 23.3 Å². The Balaban J connectivity index is 1.37. The van der Waals surface area contributed by atoms with E-state index in [4.69, 9.17) is 14.1 Å². The van der Waals surface area contributed by atoms with Gasteiger partial charge in [0.1, 0.15) is 23.5 Å². The molecule has 2 fully saturated rings. The molecule has 0 spiro atoms. The van der Waals surface area contributed by atoms with Crippen molar-refractivity contribution in [3.05, 3.63) is 35.3 Å². The van der Waals surface area contributed by atoms with E-state index >= 15 is 0 Å². The van der Waals surface area contributed by atoms with Crippen LogP contribution in [0, 0.1) is 11.3 Å². The highest BCUT2D eigenvalue weighted by Crippen LogP contribution is 2.44. The number of hydrogen-bond acceptors (Lipinski definition) is 7. The van der Waals surface area contributed by atoms with Crippen LogP contribution in [-0.2, 0) is 6.42 Å². The van der Waals surface area contributed by atoms with Crippen LogP contribution >= 0.6 is 0 Å². The summed E-state index contributed by atoms with van der Waals surface area (Å²) in [7, 11) is 0. The first kappa shape index (κ1) is 27.8. The highest BCUT2D eigenvalue weighted by Gasteiger charge is 2.52. The number of nitrogens with one attached hydrogen (secondary N) is 2. The SMILES string of the molecule is CC(C)Oc1nc(N2C[C@H]3CC(C(C)(C)C)N(C(=O)O)[C@H]3C2)ccc1NC(=O)c1coc2c1C(=O)NC(C)(C)C2. The maximum absolute atomic E-state index is 13.3. The number of hydrogen-bond donors (Lipinski definition) is 3. The predicted octanol–water partition coefficient (Wildman–Crippen LogP) is 4.38. The number of rotatable bonds is 5. The summed E-state index contributed by atoms with van der Waals surface area (Å²) in [6, 6.07) is 3.39. The number of amides is 3. The van der Waals surface area contributed by atoms with Crippen molar-refractivity contribution >= 4 is 29.4 Å². The first-order chi connectivity index (χ1) is 18.6. The smallest absolute Gasteiger partial charge is 0.407 e. The number of nitrogens with zero attached hydrogens (tertiary/aromatic N) is 3. The van der Waals surface area contributed by atoms with E-state index in [0.717, 1.165) is 6.42 Å². The molecule has 3 aliphatic heterocycles. The molecule has 11 heteroatoms. The molecule has 40 heavy (non-hydrogen) atoms. The third-order valence-electron chi connectivity index (χ3n) is 8.00. The topological polar surface area (TPSA) is 137 Å². The largest absolute Gasteiger partial charge is 0.473 e. The van der Waals surface area contributed by atoms with Crippen molar-refractivity contribution < 1.29 is 28.6 Å². The van der Waals surface area contributed by atoms with Gasteiger partial charge in [0, 0.05) is 37.0 Å². The number of carbonyl (C=O) groups excluding carboxylic acids is 2. The Labute approximate surface area is 234 Å². The molecule has 5 rings (SSSR count). The van der Waals surface area contributed by atoms with Gasteiger partial charge in [0.15, 0.2) is 0 Å². The molecule has 3 N–H and O–H groups in total. The highest BCUT2D eigenvalue weighted by atomic mass is 16.5. The lowest BCUT2D eigenvalue weighted by Gasteiger charge is -2.36. The van der Waals surface area contributed by atoms with Gasteiger partial charge < -0.3 is 29.8 Å². The van der Waals surface area contributed by atoms with E-state index in [2.05, 4.69) is 36.3 Å². The fourth-order valence-electron chi connectivity index (χ4n) is 6.23. The summed E-state index contributed by atoms with van der Waals surface area (Å²) in [5.41, 5.74) is 0.157. The molecule has 0 aromatic carbocycles. The summed E-state index contributed by atoms with van der Waals surface area (Å²) < 4.78 is 11.6. The predicted molar refractivity (Wildman–Crippen MR) is 149 cm³/mol. The van der Waals surface area contributed by atoms with Crippen molar-refractivity contribution in [3.63, 3.8) is 0 Å². The minimum atomic E-state index is -0.886. The number of carboxylic acid groups (broad SMARTS) is 1. The number of anilines is 2. The quantitative estimate of drug-likeness (QED) is 0.496. The summed E-state index contributed by atoms with van der Waals surface area (Å²) in [4.78, 5) is 46.7. The summed E-state index contributed by atoms with van der Waals surface area (Å²) in [5, 5.41) is 15.8. The van der Waals surface area contributed by atoms with Gasteiger partial charge in [0.2, 0.25) is 5.88 Å². The zero-order chi connectivity index (χ0) is 29.1. The highest BCUT2D eigenvalue weighted by molar-refractivity contribution is 6.13. The summed E-state index contributed by atoms with van der Waals surface area (Å²) in [5.74, 6) is 0.755. The molecule has 3 amide bonds. The van der Waals surface area contributed by atoms with Crippen LogP contribution in [0.3, 0.4) is 0 Å².